The summed E-state index contributed by atoms with van der Waals surface area (Å²) in [5.41, 5.74) is 1.93. The first kappa shape index (κ1) is 19.6. The molecule has 5 nitrogen and oxygen atoms in total. The maximum Gasteiger partial charge on any atom is 0.261 e. The zero-order valence-electron chi connectivity index (χ0n) is 14.2. The summed E-state index contributed by atoms with van der Waals surface area (Å²) in [6, 6.07) is 17.5. The first-order valence-corrected chi connectivity index (χ1v) is 10.8. The van der Waals surface area contributed by atoms with Crippen LogP contribution < -0.4 is 10.5 Å². The van der Waals surface area contributed by atoms with Crippen LogP contribution in [-0.2, 0) is 16.4 Å². The third-order valence-electron chi connectivity index (χ3n) is 3.91. The molecule has 0 saturated carbocycles. The molecular formula is C19H17ClN2O3S2. The van der Waals surface area contributed by atoms with Crippen molar-refractivity contribution in [2.24, 2.45) is 5.14 Å². The van der Waals surface area contributed by atoms with Gasteiger partial charge in [0.15, 0.2) is 0 Å². The van der Waals surface area contributed by atoms with Gasteiger partial charge in [-0.1, -0.05) is 35.9 Å². The summed E-state index contributed by atoms with van der Waals surface area (Å²) in [5.74, 6) is -0.138. The Morgan fingerprint density at radius 3 is 2.30 bits per heavy atom. The van der Waals surface area contributed by atoms with E-state index in [1.165, 1.54) is 23.5 Å². The van der Waals surface area contributed by atoms with Crippen molar-refractivity contribution in [3.8, 4) is 10.4 Å². The number of amides is 1. The molecule has 8 heteroatoms. The van der Waals surface area contributed by atoms with Gasteiger partial charge in [0.05, 0.1) is 9.77 Å². The molecule has 0 unspecified atom stereocenters. The number of hydrogen-bond donors (Lipinski definition) is 2. The molecular weight excluding hydrogens is 404 g/mol. The van der Waals surface area contributed by atoms with Crippen molar-refractivity contribution < 1.29 is 13.2 Å². The second-order valence-electron chi connectivity index (χ2n) is 5.87. The molecule has 2 aromatic carbocycles. The molecule has 0 bridgehead atoms. The molecule has 1 aromatic heterocycles. The van der Waals surface area contributed by atoms with Crippen LogP contribution in [0.3, 0.4) is 0 Å². The van der Waals surface area contributed by atoms with Gasteiger partial charge < -0.3 is 5.32 Å². The van der Waals surface area contributed by atoms with E-state index < -0.39 is 10.0 Å². The lowest BCUT2D eigenvalue weighted by Crippen LogP contribution is -2.24. The minimum atomic E-state index is -3.69. The Hall–Kier alpha value is -2.19. The van der Waals surface area contributed by atoms with E-state index in [1.807, 2.05) is 30.3 Å². The van der Waals surface area contributed by atoms with Crippen LogP contribution in [0.4, 0.5) is 0 Å². The van der Waals surface area contributed by atoms with Gasteiger partial charge in [0, 0.05) is 16.4 Å². The maximum atomic E-state index is 12.3. The van der Waals surface area contributed by atoms with Gasteiger partial charge in [-0.25, -0.2) is 13.6 Å². The minimum absolute atomic E-state index is 0.0728. The number of rotatable bonds is 6. The fourth-order valence-corrected chi connectivity index (χ4v) is 4.05. The Labute approximate surface area is 166 Å². The molecule has 0 aliphatic rings. The van der Waals surface area contributed by atoms with Crippen LogP contribution in [0.5, 0.6) is 0 Å². The van der Waals surface area contributed by atoms with Crippen molar-refractivity contribution in [3.05, 3.63) is 76.1 Å². The van der Waals surface area contributed by atoms with Crippen molar-refractivity contribution in [1.82, 2.24) is 5.32 Å². The van der Waals surface area contributed by atoms with E-state index in [2.05, 4.69) is 5.32 Å². The van der Waals surface area contributed by atoms with Gasteiger partial charge in [0.1, 0.15) is 0 Å². The van der Waals surface area contributed by atoms with E-state index in [4.69, 9.17) is 16.7 Å². The number of carbonyl (C=O) groups excluding carboxylic acids is 1. The molecule has 3 N–H and O–H groups in total. The van der Waals surface area contributed by atoms with Crippen LogP contribution in [0.15, 0.2) is 65.6 Å². The molecule has 3 aromatic rings. The number of nitrogens with two attached hydrogens (primary N) is 1. The normalized spacial score (nSPS) is 11.3. The number of primary sulfonamides is 1. The summed E-state index contributed by atoms with van der Waals surface area (Å²) in [6.07, 6.45) is 0.589. The Bertz CT molecular complexity index is 1040. The topological polar surface area (TPSA) is 89.3 Å². The number of halogens is 1. The van der Waals surface area contributed by atoms with Crippen LogP contribution in [0.1, 0.15) is 15.2 Å². The Balaban J connectivity index is 1.56. The van der Waals surface area contributed by atoms with Crippen LogP contribution in [0, 0.1) is 0 Å². The summed E-state index contributed by atoms with van der Waals surface area (Å²) in [4.78, 5) is 14.0. The Kier molecular flexibility index (Phi) is 5.96. The van der Waals surface area contributed by atoms with Gasteiger partial charge in [0.2, 0.25) is 10.0 Å². The van der Waals surface area contributed by atoms with Crippen LogP contribution in [0.2, 0.25) is 5.02 Å². The molecule has 0 radical (unpaired) electrons. The SMILES string of the molecule is NS(=O)(=O)c1ccc(CCNC(=O)c2ccc(-c3ccc(Cl)cc3)s2)cc1. The molecule has 0 spiro atoms. The van der Waals surface area contributed by atoms with Gasteiger partial charge in [-0.15, -0.1) is 11.3 Å². The predicted octanol–water partition coefficient (Wildman–Crippen LogP) is 3.69. The van der Waals surface area contributed by atoms with Gasteiger partial charge in [0.25, 0.3) is 5.91 Å². The molecule has 0 aliphatic carbocycles. The smallest absolute Gasteiger partial charge is 0.261 e. The number of benzene rings is 2. The summed E-state index contributed by atoms with van der Waals surface area (Å²) < 4.78 is 22.5. The number of carbonyl (C=O) groups is 1. The summed E-state index contributed by atoms with van der Waals surface area (Å²) in [6.45, 7) is 0.446. The Morgan fingerprint density at radius 2 is 1.67 bits per heavy atom. The fourth-order valence-electron chi connectivity index (χ4n) is 2.48. The average Bonchev–Trinajstić information content (AvgIpc) is 3.12. The number of hydrogen-bond acceptors (Lipinski definition) is 4. The van der Waals surface area contributed by atoms with E-state index in [1.54, 1.807) is 18.2 Å². The second-order valence-corrected chi connectivity index (χ2v) is 8.95. The summed E-state index contributed by atoms with van der Waals surface area (Å²) >= 11 is 7.31. The summed E-state index contributed by atoms with van der Waals surface area (Å²) in [5, 5.41) is 8.62. The van der Waals surface area contributed by atoms with Crippen molar-refractivity contribution in [2.45, 2.75) is 11.3 Å². The lowest BCUT2D eigenvalue weighted by Gasteiger charge is -2.05. The van der Waals surface area contributed by atoms with E-state index in [9.17, 15) is 13.2 Å². The molecule has 0 atom stereocenters. The van der Waals surface area contributed by atoms with Crippen molar-refractivity contribution in [2.75, 3.05) is 6.54 Å². The van der Waals surface area contributed by atoms with Crippen LogP contribution >= 0.6 is 22.9 Å². The third-order valence-corrected chi connectivity index (χ3v) is 6.22. The standard InChI is InChI=1S/C19H17ClN2O3S2/c20-15-5-3-14(4-6-15)17-9-10-18(26-17)19(23)22-12-11-13-1-7-16(8-2-13)27(21,24)25/h1-10H,11-12H2,(H,22,23)(H2,21,24,25). The number of nitrogens with one attached hydrogen (secondary N) is 1. The molecule has 0 aliphatic heterocycles. The highest BCUT2D eigenvalue weighted by atomic mass is 35.5. The molecule has 1 heterocycles. The zero-order valence-corrected chi connectivity index (χ0v) is 16.6. The van der Waals surface area contributed by atoms with E-state index >= 15 is 0 Å². The minimum Gasteiger partial charge on any atom is -0.351 e. The molecule has 0 saturated heterocycles. The van der Waals surface area contributed by atoms with Crippen LogP contribution in [0.25, 0.3) is 10.4 Å². The predicted molar refractivity (Wildman–Crippen MR) is 109 cm³/mol. The van der Waals surface area contributed by atoms with Gasteiger partial charge >= 0.3 is 0 Å². The fraction of sp³-hybridized carbons (Fsp3) is 0.105. The monoisotopic (exact) mass is 420 g/mol. The van der Waals surface area contributed by atoms with E-state index in [0.717, 1.165) is 16.0 Å². The van der Waals surface area contributed by atoms with Crippen molar-refractivity contribution >= 4 is 38.9 Å². The largest absolute Gasteiger partial charge is 0.351 e. The zero-order chi connectivity index (χ0) is 19.4. The number of thiophene rings is 1. The highest BCUT2D eigenvalue weighted by Gasteiger charge is 2.10. The molecule has 140 valence electrons. The molecule has 1 amide bonds. The molecule has 0 fully saturated rings. The van der Waals surface area contributed by atoms with Gasteiger partial charge in [-0.05, 0) is 53.9 Å². The lowest BCUT2D eigenvalue weighted by atomic mass is 10.1. The second kappa shape index (κ2) is 8.22. The Morgan fingerprint density at radius 1 is 1.00 bits per heavy atom. The quantitative estimate of drug-likeness (QED) is 0.637. The number of sulfonamides is 1. The maximum absolute atomic E-state index is 12.3. The highest BCUT2D eigenvalue weighted by Crippen LogP contribution is 2.29. The van der Waals surface area contributed by atoms with Crippen molar-refractivity contribution in [1.29, 1.82) is 0 Å². The first-order chi connectivity index (χ1) is 12.8. The van der Waals surface area contributed by atoms with Gasteiger partial charge in [-0.2, -0.15) is 0 Å². The lowest BCUT2D eigenvalue weighted by molar-refractivity contribution is 0.0958. The molecule has 3 rings (SSSR count). The highest BCUT2D eigenvalue weighted by molar-refractivity contribution is 7.89. The van der Waals surface area contributed by atoms with Gasteiger partial charge in [-0.3, -0.25) is 4.79 Å². The third kappa shape index (κ3) is 5.17. The first-order valence-electron chi connectivity index (χ1n) is 8.09. The average molecular weight is 421 g/mol. The van der Waals surface area contributed by atoms with E-state index in [-0.39, 0.29) is 10.8 Å². The van der Waals surface area contributed by atoms with E-state index in [0.29, 0.717) is 22.9 Å². The van der Waals surface area contributed by atoms with Crippen molar-refractivity contribution in [3.63, 3.8) is 0 Å². The van der Waals surface area contributed by atoms with Crippen LogP contribution in [-0.4, -0.2) is 20.9 Å². The molecule has 27 heavy (non-hydrogen) atoms. The summed E-state index contributed by atoms with van der Waals surface area (Å²) in [7, 11) is -3.69.